The zero-order valence-corrected chi connectivity index (χ0v) is 12.3. The summed E-state index contributed by atoms with van der Waals surface area (Å²) in [6.45, 7) is 0.0902. The number of primary amides is 1. The number of carboxylic acid groups (broad SMARTS) is 1. The number of carbonyl (C=O) groups is 3. The van der Waals surface area contributed by atoms with Gasteiger partial charge in [-0.25, -0.2) is 4.79 Å². The number of rotatable bonds is 9. The average Bonchev–Trinajstić information content (AvgIpc) is 3.15. The van der Waals surface area contributed by atoms with E-state index in [-0.39, 0.29) is 12.5 Å². The van der Waals surface area contributed by atoms with E-state index in [2.05, 4.69) is 5.32 Å². The van der Waals surface area contributed by atoms with Crippen LogP contribution in [0.25, 0.3) is 0 Å². The van der Waals surface area contributed by atoms with E-state index in [9.17, 15) is 14.4 Å². The maximum absolute atomic E-state index is 12.4. The van der Waals surface area contributed by atoms with Crippen LogP contribution in [0.3, 0.4) is 0 Å². The molecule has 8 heteroatoms. The van der Waals surface area contributed by atoms with E-state index in [1.54, 1.807) is 11.8 Å². The molecule has 3 amide bonds. The van der Waals surface area contributed by atoms with Crippen LogP contribution in [0.5, 0.6) is 0 Å². The summed E-state index contributed by atoms with van der Waals surface area (Å²) in [7, 11) is 0. The number of carbonyl (C=O) groups excluding carboxylic acids is 2. The number of amides is 3. The van der Waals surface area contributed by atoms with Crippen LogP contribution in [-0.4, -0.2) is 59.1 Å². The van der Waals surface area contributed by atoms with Crippen molar-refractivity contribution in [2.24, 2.45) is 11.7 Å². The third kappa shape index (κ3) is 6.14. The minimum Gasteiger partial charge on any atom is -0.480 e. The first-order valence-electron chi connectivity index (χ1n) is 6.49. The van der Waals surface area contributed by atoms with Crippen molar-refractivity contribution in [2.45, 2.75) is 25.3 Å². The van der Waals surface area contributed by atoms with Crippen LogP contribution in [0, 0.1) is 5.92 Å². The van der Waals surface area contributed by atoms with E-state index in [1.807, 2.05) is 6.26 Å². The minimum absolute atomic E-state index is 0.342. The molecule has 1 unspecified atom stereocenters. The average molecular weight is 303 g/mol. The van der Waals surface area contributed by atoms with Gasteiger partial charge in [0.1, 0.15) is 12.6 Å². The molecular weight excluding hydrogens is 282 g/mol. The van der Waals surface area contributed by atoms with Gasteiger partial charge in [-0.1, -0.05) is 0 Å². The van der Waals surface area contributed by atoms with Gasteiger partial charge >= 0.3 is 12.0 Å². The molecule has 7 nitrogen and oxygen atoms in total. The van der Waals surface area contributed by atoms with Gasteiger partial charge < -0.3 is 21.1 Å². The molecule has 1 aliphatic carbocycles. The molecule has 4 N–H and O–H groups in total. The number of nitrogens with zero attached hydrogens (tertiary/aromatic N) is 1. The Morgan fingerprint density at radius 2 is 2.10 bits per heavy atom. The molecular formula is C12H21N3O4S. The van der Waals surface area contributed by atoms with Gasteiger partial charge in [-0.15, -0.1) is 0 Å². The number of urea groups is 1. The lowest BCUT2D eigenvalue weighted by Crippen LogP contribution is -2.52. The first-order chi connectivity index (χ1) is 9.43. The number of carboxylic acids is 1. The summed E-state index contributed by atoms with van der Waals surface area (Å²) in [5.41, 5.74) is 5.07. The number of hydrogen-bond acceptors (Lipinski definition) is 4. The summed E-state index contributed by atoms with van der Waals surface area (Å²) in [5, 5.41) is 11.3. The Morgan fingerprint density at radius 3 is 2.55 bits per heavy atom. The van der Waals surface area contributed by atoms with Gasteiger partial charge in [-0.2, -0.15) is 11.8 Å². The van der Waals surface area contributed by atoms with Crippen LogP contribution in [0.15, 0.2) is 0 Å². The molecule has 0 radical (unpaired) electrons. The number of aliphatic carboxylic acids is 1. The van der Waals surface area contributed by atoms with E-state index in [4.69, 9.17) is 10.8 Å². The van der Waals surface area contributed by atoms with Crippen molar-refractivity contribution in [3.8, 4) is 0 Å². The zero-order chi connectivity index (χ0) is 15.1. The highest BCUT2D eigenvalue weighted by Gasteiger charge is 2.31. The first-order valence-corrected chi connectivity index (χ1v) is 7.89. The molecule has 0 aromatic carbocycles. The van der Waals surface area contributed by atoms with Crippen molar-refractivity contribution in [3.63, 3.8) is 0 Å². The summed E-state index contributed by atoms with van der Waals surface area (Å²) in [4.78, 5) is 35.5. The molecule has 20 heavy (non-hydrogen) atoms. The first kappa shape index (κ1) is 16.6. The molecule has 1 fully saturated rings. The second kappa shape index (κ2) is 7.98. The molecule has 0 spiro atoms. The van der Waals surface area contributed by atoms with E-state index in [0.29, 0.717) is 24.6 Å². The monoisotopic (exact) mass is 303 g/mol. The maximum Gasteiger partial charge on any atom is 0.323 e. The Kier molecular flexibility index (Phi) is 6.63. The normalized spacial score (nSPS) is 15.4. The van der Waals surface area contributed by atoms with Gasteiger partial charge in [-0.05, 0) is 37.2 Å². The lowest BCUT2D eigenvalue weighted by molar-refractivity contribution is -0.145. The number of hydrogen-bond donors (Lipinski definition) is 3. The Balaban J connectivity index is 2.68. The summed E-state index contributed by atoms with van der Waals surface area (Å²) >= 11 is 1.55. The van der Waals surface area contributed by atoms with Gasteiger partial charge in [-0.3, -0.25) is 9.59 Å². The van der Waals surface area contributed by atoms with Crippen molar-refractivity contribution in [2.75, 3.05) is 25.1 Å². The predicted molar refractivity (Wildman–Crippen MR) is 76.4 cm³/mol. The third-order valence-electron chi connectivity index (χ3n) is 3.04. The van der Waals surface area contributed by atoms with E-state index < -0.39 is 18.0 Å². The Morgan fingerprint density at radius 1 is 1.45 bits per heavy atom. The molecule has 0 aromatic heterocycles. The quantitative estimate of drug-likeness (QED) is 0.559. The van der Waals surface area contributed by atoms with E-state index >= 15 is 0 Å². The molecule has 1 rings (SSSR count). The van der Waals surface area contributed by atoms with Crippen LogP contribution < -0.4 is 11.1 Å². The van der Waals surface area contributed by atoms with Crippen molar-refractivity contribution < 1.29 is 19.5 Å². The van der Waals surface area contributed by atoms with Gasteiger partial charge in [0.25, 0.3) is 0 Å². The van der Waals surface area contributed by atoms with Crippen LogP contribution in [0.4, 0.5) is 4.79 Å². The highest BCUT2D eigenvalue weighted by Crippen LogP contribution is 2.29. The Hall–Kier alpha value is -1.44. The SMILES string of the molecule is CSCCC(NC(N)=O)C(=O)N(CC(=O)O)CC1CC1. The number of thioether (sulfide) groups is 1. The van der Waals surface area contributed by atoms with Gasteiger partial charge in [0.2, 0.25) is 5.91 Å². The minimum atomic E-state index is -1.05. The van der Waals surface area contributed by atoms with Crippen LogP contribution in [-0.2, 0) is 9.59 Å². The topological polar surface area (TPSA) is 113 Å². The lowest BCUT2D eigenvalue weighted by Gasteiger charge is -2.26. The highest BCUT2D eigenvalue weighted by atomic mass is 32.2. The maximum atomic E-state index is 12.4. The van der Waals surface area contributed by atoms with Crippen molar-refractivity contribution in [1.29, 1.82) is 0 Å². The summed E-state index contributed by atoms with van der Waals surface area (Å²) in [5.74, 6) is -0.358. The smallest absolute Gasteiger partial charge is 0.323 e. The predicted octanol–water partition coefficient (Wildman–Crippen LogP) is 0.0996. The Labute approximate surface area is 122 Å². The van der Waals surface area contributed by atoms with Crippen LogP contribution >= 0.6 is 11.8 Å². The molecule has 0 heterocycles. The molecule has 1 atom stereocenters. The summed E-state index contributed by atoms with van der Waals surface area (Å²) < 4.78 is 0. The fourth-order valence-corrected chi connectivity index (χ4v) is 2.36. The summed E-state index contributed by atoms with van der Waals surface area (Å²) in [6, 6.07) is -1.52. The van der Waals surface area contributed by atoms with E-state index in [1.165, 1.54) is 4.90 Å². The van der Waals surface area contributed by atoms with E-state index in [0.717, 1.165) is 12.8 Å². The molecule has 0 saturated heterocycles. The second-order valence-corrected chi connectivity index (χ2v) is 5.88. The fraction of sp³-hybridized carbons (Fsp3) is 0.750. The second-order valence-electron chi connectivity index (χ2n) is 4.90. The summed E-state index contributed by atoms with van der Waals surface area (Å²) in [6.07, 6.45) is 4.36. The van der Waals surface area contributed by atoms with Crippen molar-refractivity contribution in [1.82, 2.24) is 10.2 Å². The fourth-order valence-electron chi connectivity index (χ4n) is 1.89. The van der Waals surface area contributed by atoms with Crippen molar-refractivity contribution >= 4 is 29.7 Å². The number of nitrogens with one attached hydrogen (secondary N) is 1. The van der Waals surface area contributed by atoms with Crippen LogP contribution in [0.1, 0.15) is 19.3 Å². The standard InChI is InChI=1S/C12H21N3O4S/c1-20-5-4-9(14-12(13)19)11(18)15(7-10(16)17)6-8-2-3-8/h8-9H,2-7H2,1H3,(H,16,17)(H3,13,14,19). The zero-order valence-electron chi connectivity index (χ0n) is 11.5. The molecule has 1 saturated carbocycles. The van der Waals surface area contributed by atoms with Gasteiger partial charge in [0.05, 0.1) is 0 Å². The van der Waals surface area contributed by atoms with Gasteiger partial charge in [0, 0.05) is 6.54 Å². The molecule has 0 bridgehead atoms. The molecule has 114 valence electrons. The largest absolute Gasteiger partial charge is 0.480 e. The lowest BCUT2D eigenvalue weighted by atomic mass is 10.2. The van der Waals surface area contributed by atoms with Crippen molar-refractivity contribution in [3.05, 3.63) is 0 Å². The van der Waals surface area contributed by atoms with Gasteiger partial charge in [0.15, 0.2) is 0 Å². The number of nitrogens with two attached hydrogens (primary N) is 1. The highest BCUT2D eigenvalue weighted by molar-refractivity contribution is 7.98. The molecule has 0 aliphatic heterocycles. The Bertz CT molecular complexity index is 374. The molecule has 1 aliphatic rings. The third-order valence-corrected chi connectivity index (χ3v) is 3.68. The van der Waals surface area contributed by atoms with Crippen LogP contribution in [0.2, 0.25) is 0 Å². The molecule has 0 aromatic rings.